The maximum atomic E-state index is 11.6. The molecule has 1 aliphatic rings. The van der Waals surface area contributed by atoms with E-state index in [1.807, 2.05) is 0 Å². The molecule has 1 fully saturated rings. The third kappa shape index (κ3) is 4.97. The average molecular weight is 274 g/mol. The zero-order valence-corrected chi connectivity index (χ0v) is 12.6. The van der Waals surface area contributed by atoms with Gasteiger partial charge < -0.3 is 10.6 Å². The molecule has 3 nitrogen and oxygen atoms in total. The second-order valence-corrected chi connectivity index (χ2v) is 5.77. The largest absolute Gasteiger partial charge is 0.353 e. The van der Waals surface area contributed by atoms with Gasteiger partial charge in [0.2, 0.25) is 5.91 Å². The Morgan fingerprint density at radius 3 is 2.60 bits per heavy atom. The molecule has 0 bridgehead atoms. The first-order valence-electron chi connectivity index (χ1n) is 7.78. The summed E-state index contributed by atoms with van der Waals surface area (Å²) in [6.07, 6.45) is 4.93. The van der Waals surface area contributed by atoms with Crippen LogP contribution in [0.1, 0.15) is 56.2 Å². The van der Waals surface area contributed by atoms with Gasteiger partial charge in [-0.1, -0.05) is 36.8 Å². The highest BCUT2D eigenvalue weighted by Crippen LogP contribution is 2.19. The van der Waals surface area contributed by atoms with E-state index in [4.69, 9.17) is 0 Å². The fourth-order valence-electron chi connectivity index (χ4n) is 2.35. The molecule has 1 saturated carbocycles. The van der Waals surface area contributed by atoms with Crippen LogP contribution in [0.15, 0.2) is 24.3 Å². The van der Waals surface area contributed by atoms with Crippen LogP contribution in [0.25, 0.3) is 0 Å². The van der Waals surface area contributed by atoms with Gasteiger partial charge in [-0.15, -0.1) is 0 Å². The molecule has 1 aromatic rings. The van der Waals surface area contributed by atoms with E-state index in [-0.39, 0.29) is 5.91 Å². The number of carbonyl (C=O) groups excluding carboxylic acids is 1. The van der Waals surface area contributed by atoms with Crippen molar-refractivity contribution < 1.29 is 4.79 Å². The van der Waals surface area contributed by atoms with E-state index in [9.17, 15) is 4.79 Å². The molecule has 0 aromatic heterocycles. The van der Waals surface area contributed by atoms with Gasteiger partial charge in [-0.05, 0) is 44.7 Å². The lowest BCUT2D eigenvalue weighted by Gasteiger charge is -2.17. The molecular formula is C17H26N2O. The van der Waals surface area contributed by atoms with Crippen molar-refractivity contribution in [2.24, 2.45) is 0 Å². The van der Waals surface area contributed by atoms with Gasteiger partial charge in [-0.3, -0.25) is 4.79 Å². The topological polar surface area (TPSA) is 41.1 Å². The van der Waals surface area contributed by atoms with Gasteiger partial charge in [-0.25, -0.2) is 0 Å². The Morgan fingerprint density at radius 1 is 1.30 bits per heavy atom. The van der Waals surface area contributed by atoms with Crippen LogP contribution in [0, 0.1) is 6.92 Å². The summed E-state index contributed by atoms with van der Waals surface area (Å²) in [5.41, 5.74) is 2.63. The van der Waals surface area contributed by atoms with Crippen LogP contribution in [0.5, 0.6) is 0 Å². The lowest BCUT2D eigenvalue weighted by Crippen LogP contribution is -2.27. The van der Waals surface area contributed by atoms with Crippen LogP contribution >= 0.6 is 0 Å². The van der Waals surface area contributed by atoms with Crippen molar-refractivity contribution in [1.82, 2.24) is 10.6 Å². The monoisotopic (exact) mass is 274 g/mol. The summed E-state index contributed by atoms with van der Waals surface area (Å²) in [6, 6.07) is 9.56. The highest BCUT2D eigenvalue weighted by molar-refractivity contribution is 5.76. The quantitative estimate of drug-likeness (QED) is 0.715. The zero-order chi connectivity index (χ0) is 14.4. The maximum absolute atomic E-state index is 11.6. The number of rotatable bonds is 8. The summed E-state index contributed by atoms with van der Waals surface area (Å²) in [5, 5.41) is 6.58. The van der Waals surface area contributed by atoms with Crippen LogP contribution in [0.2, 0.25) is 0 Å². The molecule has 2 N–H and O–H groups in total. The Hall–Kier alpha value is -1.35. The minimum atomic E-state index is 0.206. The van der Waals surface area contributed by atoms with E-state index in [2.05, 4.69) is 48.7 Å². The first-order chi connectivity index (χ1) is 9.69. The van der Waals surface area contributed by atoms with Crippen molar-refractivity contribution in [3.8, 4) is 0 Å². The Kier molecular flexibility index (Phi) is 5.60. The number of carbonyl (C=O) groups is 1. The maximum Gasteiger partial charge on any atom is 0.220 e. The fourth-order valence-corrected chi connectivity index (χ4v) is 2.35. The Bertz CT molecular complexity index is 423. The molecule has 0 saturated heterocycles. The van der Waals surface area contributed by atoms with Gasteiger partial charge in [0.1, 0.15) is 0 Å². The van der Waals surface area contributed by atoms with Crippen LogP contribution < -0.4 is 10.6 Å². The molecule has 0 aliphatic heterocycles. The minimum absolute atomic E-state index is 0.206. The van der Waals surface area contributed by atoms with Crippen LogP contribution in [-0.4, -0.2) is 18.5 Å². The highest BCUT2D eigenvalue weighted by Gasteiger charge is 2.22. The van der Waals surface area contributed by atoms with Gasteiger partial charge in [0.15, 0.2) is 0 Å². The van der Waals surface area contributed by atoms with Crippen molar-refractivity contribution >= 4 is 5.91 Å². The number of hydrogen-bond donors (Lipinski definition) is 2. The zero-order valence-electron chi connectivity index (χ0n) is 12.6. The number of nitrogens with one attached hydrogen (secondary N) is 2. The van der Waals surface area contributed by atoms with Crippen molar-refractivity contribution in [2.45, 2.75) is 58.0 Å². The molecule has 3 heteroatoms. The lowest BCUT2D eigenvalue weighted by atomic mass is 10.0. The first-order valence-corrected chi connectivity index (χ1v) is 7.78. The van der Waals surface area contributed by atoms with E-state index < -0.39 is 0 Å². The molecule has 0 radical (unpaired) electrons. The van der Waals surface area contributed by atoms with Gasteiger partial charge in [0.25, 0.3) is 0 Å². The average Bonchev–Trinajstić information content (AvgIpc) is 3.24. The van der Waals surface area contributed by atoms with Gasteiger partial charge in [0.05, 0.1) is 0 Å². The highest BCUT2D eigenvalue weighted by atomic mass is 16.1. The van der Waals surface area contributed by atoms with Crippen LogP contribution in [0.3, 0.4) is 0 Å². The van der Waals surface area contributed by atoms with Crippen molar-refractivity contribution in [3.05, 3.63) is 35.4 Å². The number of benzene rings is 1. The van der Waals surface area contributed by atoms with Crippen molar-refractivity contribution in [3.63, 3.8) is 0 Å². The van der Waals surface area contributed by atoms with Gasteiger partial charge >= 0.3 is 0 Å². The van der Waals surface area contributed by atoms with Crippen LogP contribution in [-0.2, 0) is 4.79 Å². The van der Waals surface area contributed by atoms with E-state index in [1.54, 1.807) is 0 Å². The smallest absolute Gasteiger partial charge is 0.220 e. The Morgan fingerprint density at radius 2 is 2.00 bits per heavy atom. The molecule has 1 unspecified atom stereocenters. The fraction of sp³-hybridized carbons (Fsp3) is 0.588. The summed E-state index contributed by atoms with van der Waals surface area (Å²) < 4.78 is 0. The standard InChI is InChI=1S/C17H26N2O/c1-3-16(14-8-6-13(2)7-9-14)18-12-4-5-17(20)19-15-10-11-15/h6-9,15-16,18H,3-5,10-12H2,1-2H3,(H,19,20). The molecule has 1 aliphatic carbocycles. The summed E-state index contributed by atoms with van der Waals surface area (Å²) in [4.78, 5) is 11.6. The van der Waals surface area contributed by atoms with Crippen molar-refractivity contribution in [2.75, 3.05) is 6.54 Å². The SMILES string of the molecule is CCC(NCCCC(=O)NC1CC1)c1ccc(C)cc1. The molecule has 1 amide bonds. The molecule has 0 heterocycles. The summed E-state index contributed by atoms with van der Waals surface area (Å²) in [7, 11) is 0. The molecular weight excluding hydrogens is 248 g/mol. The second kappa shape index (κ2) is 7.44. The summed E-state index contributed by atoms with van der Waals surface area (Å²) in [6.45, 7) is 5.19. The van der Waals surface area contributed by atoms with Crippen LogP contribution in [0.4, 0.5) is 0 Å². The second-order valence-electron chi connectivity index (χ2n) is 5.77. The number of hydrogen-bond acceptors (Lipinski definition) is 2. The number of aryl methyl sites for hydroxylation is 1. The first kappa shape index (κ1) is 15.0. The van der Waals surface area contributed by atoms with E-state index in [0.717, 1.165) is 32.2 Å². The molecule has 110 valence electrons. The van der Waals surface area contributed by atoms with E-state index >= 15 is 0 Å². The predicted molar refractivity (Wildman–Crippen MR) is 82.6 cm³/mol. The molecule has 2 rings (SSSR count). The number of amides is 1. The summed E-state index contributed by atoms with van der Waals surface area (Å²) >= 11 is 0. The molecule has 20 heavy (non-hydrogen) atoms. The Labute approximate surface area is 122 Å². The van der Waals surface area contributed by atoms with Gasteiger partial charge in [-0.2, -0.15) is 0 Å². The Balaban J connectivity index is 1.67. The third-order valence-electron chi connectivity index (χ3n) is 3.80. The molecule has 1 aromatic carbocycles. The third-order valence-corrected chi connectivity index (χ3v) is 3.80. The minimum Gasteiger partial charge on any atom is -0.353 e. The van der Waals surface area contributed by atoms with Gasteiger partial charge in [0, 0.05) is 18.5 Å². The van der Waals surface area contributed by atoms with E-state index in [1.165, 1.54) is 11.1 Å². The molecule has 1 atom stereocenters. The van der Waals surface area contributed by atoms with Crippen molar-refractivity contribution in [1.29, 1.82) is 0 Å². The molecule has 0 spiro atoms. The summed E-state index contributed by atoms with van der Waals surface area (Å²) in [5.74, 6) is 0.206. The normalized spacial score (nSPS) is 15.9. The van der Waals surface area contributed by atoms with E-state index in [0.29, 0.717) is 18.5 Å². The predicted octanol–water partition coefficient (Wildman–Crippen LogP) is 3.09. The lowest BCUT2D eigenvalue weighted by molar-refractivity contribution is -0.121.